The Balaban J connectivity index is 3.30. The second-order valence-corrected chi connectivity index (χ2v) is 7.14. The number of rotatable bonds is 13. The van der Waals surface area contributed by atoms with E-state index in [9.17, 15) is 8.78 Å². The molecule has 1 aromatic rings. The number of halogens is 2. The first-order valence-electron chi connectivity index (χ1n) is 9.65. The lowest BCUT2D eigenvalue weighted by Gasteiger charge is -2.28. The Labute approximate surface area is 162 Å². The van der Waals surface area contributed by atoms with Gasteiger partial charge in [-0.3, -0.25) is 0 Å². The molecule has 0 saturated carbocycles. The fourth-order valence-electron chi connectivity index (χ4n) is 2.53. The minimum absolute atomic E-state index is 0.167. The monoisotopic (exact) mass is 389 g/mol. The number of ether oxygens (including phenoxy) is 1. The average molecular weight is 389 g/mol. The highest BCUT2D eigenvalue weighted by Crippen LogP contribution is 2.21. The summed E-state index contributed by atoms with van der Waals surface area (Å²) in [5.74, 6) is 0.404. The third kappa shape index (κ3) is 7.39. The van der Waals surface area contributed by atoms with Crippen molar-refractivity contribution in [3.63, 3.8) is 0 Å². The zero-order valence-corrected chi connectivity index (χ0v) is 17.6. The van der Waals surface area contributed by atoms with Gasteiger partial charge in [0.15, 0.2) is 0 Å². The number of nitrogens with zero attached hydrogens (tertiary/aromatic N) is 2. The molecule has 0 unspecified atom stereocenters. The predicted octanol–water partition coefficient (Wildman–Crippen LogP) is 2.54. The standard InChI is InChI=1S/C18H34BF2N3O3/c1-8-18(5,6)27-19(25-10-3)16-14(11-15(20)21)23-24(7)17(16)26-13(4)12-22-9-2/h13,15,22H,8-12H2,1-7H3/t13-/m0/s1. The molecule has 0 aliphatic rings. The van der Waals surface area contributed by atoms with Crippen LogP contribution in [0.5, 0.6) is 5.88 Å². The van der Waals surface area contributed by atoms with Crippen molar-refractivity contribution in [2.75, 3.05) is 19.7 Å². The van der Waals surface area contributed by atoms with Gasteiger partial charge in [0.2, 0.25) is 12.3 Å². The molecule has 0 aliphatic heterocycles. The SMILES string of the molecule is CCNC[C@H](C)Oc1c(B(OCC)OC(C)(C)CC)c(CC(F)F)nn1C. The van der Waals surface area contributed by atoms with Gasteiger partial charge in [-0.25, -0.2) is 13.5 Å². The minimum Gasteiger partial charge on any atom is -0.474 e. The Hall–Kier alpha value is -1.19. The maximum atomic E-state index is 13.1. The summed E-state index contributed by atoms with van der Waals surface area (Å²) in [6.07, 6.45) is -2.42. The van der Waals surface area contributed by atoms with Crippen LogP contribution >= 0.6 is 0 Å². The number of hydrogen-bond acceptors (Lipinski definition) is 5. The Bertz CT molecular complexity index is 570. The molecule has 0 aromatic carbocycles. The van der Waals surface area contributed by atoms with Crippen LogP contribution in [-0.2, 0) is 22.8 Å². The van der Waals surface area contributed by atoms with E-state index >= 15 is 0 Å². The van der Waals surface area contributed by atoms with Gasteiger partial charge in [-0.1, -0.05) is 13.8 Å². The van der Waals surface area contributed by atoms with Crippen LogP contribution in [0, 0.1) is 0 Å². The molecule has 0 radical (unpaired) electrons. The predicted molar refractivity (Wildman–Crippen MR) is 104 cm³/mol. The zero-order valence-electron chi connectivity index (χ0n) is 17.6. The first-order chi connectivity index (χ1) is 12.6. The lowest BCUT2D eigenvalue weighted by Crippen LogP contribution is -2.46. The number of aromatic nitrogens is 2. The van der Waals surface area contributed by atoms with E-state index in [1.165, 1.54) is 4.68 Å². The van der Waals surface area contributed by atoms with Crippen molar-refractivity contribution in [3.05, 3.63) is 5.69 Å². The first kappa shape index (κ1) is 23.9. The van der Waals surface area contributed by atoms with Gasteiger partial charge >= 0.3 is 7.12 Å². The number of aryl methyl sites for hydroxylation is 1. The lowest BCUT2D eigenvalue weighted by atomic mass is 9.76. The molecular formula is C18H34BF2N3O3. The third-order valence-corrected chi connectivity index (χ3v) is 4.28. The summed E-state index contributed by atoms with van der Waals surface area (Å²) in [5, 5.41) is 7.49. The van der Waals surface area contributed by atoms with E-state index in [1.807, 2.05) is 41.5 Å². The molecule has 1 atom stereocenters. The van der Waals surface area contributed by atoms with Crippen LogP contribution in [-0.4, -0.2) is 54.7 Å². The molecule has 27 heavy (non-hydrogen) atoms. The minimum atomic E-state index is -2.52. The quantitative estimate of drug-likeness (QED) is 0.526. The summed E-state index contributed by atoms with van der Waals surface area (Å²) in [6, 6.07) is 0. The van der Waals surface area contributed by atoms with Crippen LogP contribution in [0.1, 0.15) is 53.7 Å². The summed E-state index contributed by atoms with van der Waals surface area (Å²) in [6.45, 7) is 13.5. The second-order valence-electron chi connectivity index (χ2n) is 7.14. The van der Waals surface area contributed by atoms with E-state index in [1.54, 1.807) is 7.05 Å². The van der Waals surface area contributed by atoms with E-state index in [0.29, 0.717) is 24.5 Å². The number of alkyl halides is 2. The van der Waals surface area contributed by atoms with E-state index < -0.39 is 25.6 Å². The van der Waals surface area contributed by atoms with Crippen molar-refractivity contribution in [1.29, 1.82) is 0 Å². The van der Waals surface area contributed by atoms with Gasteiger partial charge in [0.05, 0.1) is 17.6 Å². The molecule has 0 spiro atoms. The van der Waals surface area contributed by atoms with E-state index in [-0.39, 0.29) is 11.8 Å². The molecular weight excluding hydrogens is 355 g/mol. The Morgan fingerprint density at radius 3 is 2.44 bits per heavy atom. The van der Waals surface area contributed by atoms with Crippen molar-refractivity contribution in [1.82, 2.24) is 15.1 Å². The van der Waals surface area contributed by atoms with Crippen molar-refractivity contribution in [2.45, 2.75) is 72.5 Å². The van der Waals surface area contributed by atoms with Crippen molar-refractivity contribution < 1.29 is 22.8 Å². The highest BCUT2D eigenvalue weighted by atomic mass is 19.3. The molecule has 9 heteroatoms. The molecule has 0 bridgehead atoms. The normalized spacial score (nSPS) is 13.3. The smallest absolute Gasteiger partial charge is 0.474 e. The van der Waals surface area contributed by atoms with Gasteiger partial charge in [0.25, 0.3) is 0 Å². The van der Waals surface area contributed by atoms with E-state index in [2.05, 4.69) is 10.4 Å². The Morgan fingerprint density at radius 1 is 1.26 bits per heavy atom. The van der Waals surface area contributed by atoms with Crippen molar-refractivity contribution in [2.24, 2.45) is 7.05 Å². The van der Waals surface area contributed by atoms with Crippen molar-refractivity contribution >= 4 is 12.6 Å². The Kier molecular flexibility index (Phi) is 9.69. The fraction of sp³-hybridized carbons (Fsp3) is 0.833. The van der Waals surface area contributed by atoms with Crippen LogP contribution in [0.25, 0.3) is 0 Å². The molecule has 0 aliphatic carbocycles. The van der Waals surface area contributed by atoms with Gasteiger partial charge in [-0.15, -0.1) is 0 Å². The largest absolute Gasteiger partial charge is 0.501 e. The summed E-state index contributed by atoms with van der Waals surface area (Å²) in [4.78, 5) is 0. The summed E-state index contributed by atoms with van der Waals surface area (Å²) < 4.78 is 45.7. The van der Waals surface area contributed by atoms with Crippen LogP contribution in [0.3, 0.4) is 0 Å². The van der Waals surface area contributed by atoms with Gasteiger partial charge in [-0.05, 0) is 40.7 Å². The fourth-order valence-corrected chi connectivity index (χ4v) is 2.53. The van der Waals surface area contributed by atoms with Crippen LogP contribution in [0.15, 0.2) is 0 Å². The maximum Gasteiger partial charge on any atom is 0.501 e. The molecule has 156 valence electrons. The summed E-state index contributed by atoms with van der Waals surface area (Å²) in [7, 11) is 0.857. The molecule has 0 amide bonds. The number of nitrogens with one attached hydrogen (secondary N) is 1. The van der Waals surface area contributed by atoms with Gasteiger partial charge in [0, 0.05) is 25.8 Å². The third-order valence-electron chi connectivity index (χ3n) is 4.28. The van der Waals surface area contributed by atoms with Gasteiger partial charge in [0.1, 0.15) is 6.10 Å². The van der Waals surface area contributed by atoms with E-state index in [0.717, 1.165) is 13.0 Å². The Morgan fingerprint density at radius 2 is 1.93 bits per heavy atom. The zero-order chi connectivity index (χ0) is 20.6. The summed E-state index contributed by atoms with van der Waals surface area (Å²) >= 11 is 0. The lowest BCUT2D eigenvalue weighted by molar-refractivity contribution is 0.0700. The molecule has 1 N–H and O–H groups in total. The van der Waals surface area contributed by atoms with Gasteiger partial charge < -0.3 is 19.4 Å². The van der Waals surface area contributed by atoms with Gasteiger partial charge in [-0.2, -0.15) is 5.10 Å². The van der Waals surface area contributed by atoms with Crippen molar-refractivity contribution in [3.8, 4) is 5.88 Å². The highest BCUT2D eigenvalue weighted by Gasteiger charge is 2.37. The second kappa shape index (κ2) is 11.0. The topological polar surface area (TPSA) is 57.5 Å². The maximum absolute atomic E-state index is 13.1. The average Bonchev–Trinajstić information content (AvgIpc) is 2.87. The number of hydrogen-bond donors (Lipinski definition) is 1. The van der Waals surface area contributed by atoms with E-state index in [4.69, 9.17) is 14.0 Å². The molecule has 1 rings (SSSR count). The van der Waals surface area contributed by atoms with Crippen LogP contribution in [0.2, 0.25) is 0 Å². The molecule has 1 aromatic heterocycles. The number of likely N-dealkylation sites (N-methyl/N-ethyl adjacent to an activating group) is 1. The van der Waals surface area contributed by atoms with Crippen LogP contribution in [0.4, 0.5) is 8.78 Å². The molecule has 1 heterocycles. The first-order valence-corrected chi connectivity index (χ1v) is 9.65. The highest BCUT2D eigenvalue weighted by molar-refractivity contribution is 6.63. The molecule has 6 nitrogen and oxygen atoms in total. The molecule has 0 fully saturated rings. The summed E-state index contributed by atoms with van der Waals surface area (Å²) in [5.41, 5.74) is 0.206. The molecule has 0 saturated heterocycles. The van der Waals surface area contributed by atoms with Crippen LogP contribution < -0.4 is 15.5 Å².